The molecule has 1 aliphatic rings. The van der Waals surface area contributed by atoms with Crippen LogP contribution in [-0.4, -0.2) is 31.6 Å². The number of esters is 1. The Bertz CT molecular complexity index is 533. The van der Waals surface area contributed by atoms with Crippen LogP contribution in [-0.2, 0) is 14.3 Å². The van der Waals surface area contributed by atoms with Crippen LogP contribution < -0.4 is 15.8 Å². The van der Waals surface area contributed by atoms with Crippen molar-refractivity contribution in [1.82, 2.24) is 0 Å². The Hall–Kier alpha value is -2.08. The molecule has 0 radical (unpaired) electrons. The van der Waals surface area contributed by atoms with Gasteiger partial charge in [0.05, 0.1) is 7.11 Å². The second-order valence-electron chi connectivity index (χ2n) is 5.50. The third kappa shape index (κ3) is 4.73. The lowest BCUT2D eigenvalue weighted by Crippen LogP contribution is -2.28. The molecule has 0 aliphatic heterocycles. The molecule has 0 saturated heterocycles. The van der Waals surface area contributed by atoms with Crippen molar-refractivity contribution in [2.24, 2.45) is 11.7 Å². The molecule has 22 heavy (non-hydrogen) atoms. The first-order valence-electron chi connectivity index (χ1n) is 7.43. The van der Waals surface area contributed by atoms with Crippen LogP contribution >= 0.6 is 0 Å². The molecule has 1 aromatic carbocycles. The summed E-state index contributed by atoms with van der Waals surface area (Å²) in [6, 6.07) is 7.04. The summed E-state index contributed by atoms with van der Waals surface area (Å²) in [6.45, 7) is -0.162. The van der Waals surface area contributed by atoms with Gasteiger partial charge in [-0.25, -0.2) is 4.79 Å². The maximum Gasteiger partial charge on any atom is 0.343 e. The average molecular weight is 306 g/mol. The smallest absolute Gasteiger partial charge is 0.343 e. The van der Waals surface area contributed by atoms with E-state index in [0.717, 1.165) is 19.3 Å². The molecule has 2 atom stereocenters. The van der Waals surface area contributed by atoms with Gasteiger partial charge in [0.15, 0.2) is 6.61 Å². The van der Waals surface area contributed by atoms with Crippen molar-refractivity contribution in [1.29, 1.82) is 0 Å². The standard InChI is InChI=1S/C16H22N2O4/c1-21-16(20)10-22-13-6-3-5-12(9-13)18-15(19)8-11-4-2-7-14(11)17/h3,5-6,9,11,14H,2,4,7-8,10,17H2,1H3,(H,18,19)/t11-,14+/m0/s1. The summed E-state index contributed by atoms with van der Waals surface area (Å²) in [5.74, 6) is 0.261. The molecule has 1 fully saturated rings. The average Bonchev–Trinajstić information content (AvgIpc) is 2.90. The number of hydrogen-bond acceptors (Lipinski definition) is 5. The number of amides is 1. The van der Waals surface area contributed by atoms with Crippen molar-refractivity contribution < 1.29 is 19.1 Å². The molecule has 3 N–H and O–H groups in total. The Morgan fingerprint density at radius 3 is 2.86 bits per heavy atom. The minimum atomic E-state index is -0.454. The zero-order chi connectivity index (χ0) is 15.9. The van der Waals surface area contributed by atoms with Crippen molar-refractivity contribution in [3.8, 4) is 5.75 Å². The number of nitrogens with two attached hydrogens (primary N) is 1. The number of anilines is 1. The van der Waals surface area contributed by atoms with Gasteiger partial charge < -0.3 is 20.5 Å². The highest BCUT2D eigenvalue weighted by molar-refractivity contribution is 5.91. The Kier molecular flexibility index (Phi) is 5.77. The minimum Gasteiger partial charge on any atom is -0.482 e. The largest absolute Gasteiger partial charge is 0.482 e. The fraction of sp³-hybridized carbons (Fsp3) is 0.500. The molecule has 6 heteroatoms. The number of benzene rings is 1. The molecule has 0 bridgehead atoms. The van der Waals surface area contributed by atoms with Gasteiger partial charge in [-0.15, -0.1) is 0 Å². The highest BCUT2D eigenvalue weighted by Gasteiger charge is 2.26. The zero-order valence-electron chi connectivity index (χ0n) is 12.7. The number of hydrogen-bond donors (Lipinski definition) is 2. The molecule has 2 rings (SSSR count). The summed E-state index contributed by atoms with van der Waals surface area (Å²) in [7, 11) is 1.30. The van der Waals surface area contributed by atoms with E-state index in [2.05, 4.69) is 10.1 Å². The van der Waals surface area contributed by atoms with E-state index in [1.807, 2.05) is 0 Å². The first kappa shape index (κ1) is 16.3. The molecule has 1 aliphatic carbocycles. The predicted molar refractivity (Wildman–Crippen MR) is 82.5 cm³/mol. The predicted octanol–water partition coefficient (Wildman–Crippen LogP) is 1.69. The lowest BCUT2D eigenvalue weighted by atomic mass is 10.00. The van der Waals surface area contributed by atoms with Crippen LogP contribution in [0, 0.1) is 5.92 Å². The van der Waals surface area contributed by atoms with E-state index in [1.165, 1.54) is 7.11 Å². The van der Waals surface area contributed by atoms with Gasteiger partial charge >= 0.3 is 5.97 Å². The normalized spacial score (nSPS) is 20.5. The molecule has 0 unspecified atom stereocenters. The number of carbonyl (C=O) groups excluding carboxylic acids is 2. The van der Waals surface area contributed by atoms with Crippen molar-refractivity contribution in [2.75, 3.05) is 19.0 Å². The number of nitrogens with one attached hydrogen (secondary N) is 1. The van der Waals surface area contributed by atoms with Gasteiger partial charge in [0.1, 0.15) is 5.75 Å². The number of methoxy groups -OCH3 is 1. The van der Waals surface area contributed by atoms with Crippen LogP contribution in [0.2, 0.25) is 0 Å². The summed E-state index contributed by atoms with van der Waals surface area (Å²) in [4.78, 5) is 23.1. The highest BCUT2D eigenvalue weighted by Crippen LogP contribution is 2.27. The Labute approximate surface area is 130 Å². The van der Waals surface area contributed by atoms with Crippen molar-refractivity contribution in [3.63, 3.8) is 0 Å². The van der Waals surface area contributed by atoms with E-state index in [1.54, 1.807) is 24.3 Å². The first-order chi connectivity index (χ1) is 10.6. The van der Waals surface area contributed by atoms with Crippen molar-refractivity contribution in [3.05, 3.63) is 24.3 Å². The summed E-state index contributed by atoms with van der Waals surface area (Å²) >= 11 is 0. The third-order valence-corrected chi connectivity index (χ3v) is 3.87. The molecular weight excluding hydrogens is 284 g/mol. The van der Waals surface area contributed by atoms with Crippen LogP contribution in [0.15, 0.2) is 24.3 Å². The van der Waals surface area contributed by atoms with Gasteiger partial charge in [0, 0.05) is 24.2 Å². The fourth-order valence-corrected chi connectivity index (χ4v) is 2.63. The quantitative estimate of drug-likeness (QED) is 0.781. The van der Waals surface area contributed by atoms with Crippen LogP contribution in [0.25, 0.3) is 0 Å². The molecule has 6 nitrogen and oxygen atoms in total. The highest BCUT2D eigenvalue weighted by atomic mass is 16.6. The minimum absolute atomic E-state index is 0.0486. The van der Waals surface area contributed by atoms with Gasteiger partial charge in [0.2, 0.25) is 5.91 Å². The molecule has 1 aromatic rings. The van der Waals surface area contributed by atoms with E-state index >= 15 is 0 Å². The van der Waals surface area contributed by atoms with E-state index in [9.17, 15) is 9.59 Å². The molecular formula is C16H22N2O4. The number of rotatable bonds is 6. The molecule has 1 amide bonds. The monoisotopic (exact) mass is 306 g/mol. The second-order valence-corrected chi connectivity index (χ2v) is 5.50. The van der Waals surface area contributed by atoms with Crippen molar-refractivity contribution in [2.45, 2.75) is 31.7 Å². The van der Waals surface area contributed by atoms with Gasteiger partial charge in [0.25, 0.3) is 0 Å². The Morgan fingerprint density at radius 2 is 2.18 bits per heavy atom. The summed E-state index contributed by atoms with van der Waals surface area (Å²) < 4.78 is 9.79. The van der Waals surface area contributed by atoms with Crippen LogP contribution in [0.3, 0.4) is 0 Å². The van der Waals surface area contributed by atoms with E-state index in [4.69, 9.17) is 10.5 Å². The summed E-state index contributed by atoms with van der Waals surface area (Å²) in [6.07, 6.45) is 3.54. The maximum atomic E-state index is 12.1. The van der Waals surface area contributed by atoms with Crippen LogP contribution in [0.1, 0.15) is 25.7 Å². The molecule has 0 spiro atoms. The second kappa shape index (κ2) is 7.79. The lowest BCUT2D eigenvalue weighted by Gasteiger charge is -2.15. The SMILES string of the molecule is COC(=O)COc1cccc(NC(=O)C[C@@H]2CCC[C@H]2N)c1. The van der Waals surface area contributed by atoms with E-state index < -0.39 is 5.97 Å². The van der Waals surface area contributed by atoms with Gasteiger partial charge in [-0.2, -0.15) is 0 Å². The number of ether oxygens (including phenoxy) is 2. The summed E-state index contributed by atoms with van der Waals surface area (Å²) in [5, 5.41) is 2.84. The molecule has 1 saturated carbocycles. The maximum absolute atomic E-state index is 12.1. The molecule has 0 heterocycles. The van der Waals surface area contributed by atoms with Crippen molar-refractivity contribution >= 4 is 17.6 Å². The Morgan fingerprint density at radius 1 is 1.36 bits per heavy atom. The van der Waals surface area contributed by atoms with Crippen LogP contribution in [0.4, 0.5) is 5.69 Å². The van der Waals surface area contributed by atoms with Gasteiger partial charge in [-0.3, -0.25) is 4.79 Å². The van der Waals surface area contributed by atoms with Crippen LogP contribution in [0.5, 0.6) is 5.75 Å². The van der Waals surface area contributed by atoms with Gasteiger partial charge in [-0.05, 0) is 30.9 Å². The Balaban J connectivity index is 1.86. The molecule has 0 aromatic heterocycles. The topological polar surface area (TPSA) is 90.6 Å². The third-order valence-electron chi connectivity index (χ3n) is 3.87. The summed E-state index contributed by atoms with van der Waals surface area (Å²) in [5.41, 5.74) is 6.62. The first-order valence-corrected chi connectivity index (χ1v) is 7.43. The van der Waals surface area contributed by atoms with E-state index in [-0.39, 0.29) is 24.5 Å². The number of carbonyl (C=O) groups is 2. The molecule has 120 valence electrons. The fourth-order valence-electron chi connectivity index (χ4n) is 2.63. The van der Waals surface area contributed by atoms with E-state index in [0.29, 0.717) is 17.9 Å². The van der Waals surface area contributed by atoms with Gasteiger partial charge in [-0.1, -0.05) is 12.5 Å². The lowest BCUT2D eigenvalue weighted by molar-refractivity contribution is -0.142. The zero-order valence-corrected chi connectivity index (χ0v) is 12.7.